The molecule has 1 aliphatic rings. The van der Waals surface area contributed by atoms with E-state index < -0.39 is 0 Å². The van der Waals surface area contributed by atoms with E-state index in [0.29, 0.717) is 0 Å². The number of halogens is 1. The summed E-state index contributed by atoms with van der Waals surface area (Å²) in [5, 5.41) is 0.741. The van der Waals surface area contributed by atoms with Crippen molar-refractivity contribution in [2.45, 2.75) is 6.42 Å². The van der Waals surface area contributed by atoms with Crippen LogP contribution in [0, 0.1) is 0 Å². The SMILES string of the molecule is Clc1ccc(-c2ccc(-c3ccc(OCCN4CCC4)cc3)nc2)cc1. The number of likely N-dealkylation sites (tertiary alicyclic amines) is 1. The average Bonchev–Trinajstić information content (AvgIpc) is 2.65. The Morgan fingerprint density at radius 1 is 0.846 bits per heavy atom. The van der Waals surface area contributed by atoms with E-state index in [-0.39, 0.29) is 0 Å². The third-order valence-corrected chi connectivity index (χ3v) is 4.97. The number of hydrogen-bond acceptors (Lipinski definition) is 3. The normalized spacial score (nSPS) is 14.0. The molecule has 0 amide bonds. The minimum Gasteiger partial charge on any atom is -0.492 e. The highest BCUT2D eigenvalue weighted by molar-refractivity contribution is 6.30. The molecule has 0 atom stereocenters. The van der Waals surface area contributed by atoms with Crippen LogP contribution in [-0.2, 0) is 0 Å². The summed E-state index contributed by atoms with van der Waals surface area (Å²) in [5.41, 5.74) is 4.23. The predicted octanol–water partition coefficient (Wildman–Crippen LogP) is 5.15. The van der Waals surface area contributed by atoms with Crippen molar-refractivity contribution >= 4 is 11.6 Å². The maximum atomic E-state index is 5.95. The molecular formula is C22H21ClN2O. The summed E-state index contributed by atoms with van der Waals surface area (Å²) in [4.78, 5) is 7.00. The summed E-state index contributed by atoms with van der Waals surface area (Å²) >= 11 is 5.95. The van der Waals surface area contributed by atoms with E-state index in [0.717, 1.165) is 46.3 Å². The standard InChI is InChI=1S/C22H21ClN2O/c23-20-7-2-17(3-8-20)19-6-11-22(24-16-19)18-4-9-21(10-5-18)26-15-14-25-12-1-13-25/h2-11,16H,1,12-15H2. The number of aromatic nitrogens is 1. The van der Waals surface area contributed by atoms with Crippen LogP contribution in [0.2, 0.25) is 5.02 Å². The molecule has 0 spiro atoms. The molecule has 3 nitrogen and oxygen atoms in total. The molecule has 0 aliphatic carbocycles. The van der Waals surface area contributed by atoms with Crippen molar-refractivity contribution in [2.75, 3.05) is 26.2 Å². The second kappa shape index (κ2) is 7.90. The molecule has 4 heteroatoms. The Morgan fingerprint density at radius 2 is 1.54 bits per heavy atom. The van der Waals surface area contributed by atoms with Crippen molar-refractivity contribution in [2.24, 2.45) is 0 Å². The summed E-state index contributed by atoms with van der Waals surface area (Å²) in [6.07, 6.45) is 3.22. The number of rotatable bonds is 6. The summed E-state index contributed by atoms with van der Waals surface area (Å²) in [6.45, 7) is 4.17. The highest BCUT2D eigenvalue weighted by Gasteiger charge is 2.12. The Labute approximate surface area is 159 Å². The predicted molar refractivity (Wildman–Crippen MR) is 107 cm³/mol. The molecule has 0 bridgehead atoms. The van der Waals surface area contributed by atoms with Gasteiger partial charge in [-0.25, -0.2) is 0 Å². The number of ether oxygens (including phenoxy) is 1. The van der Waals surface area contributed by atoms with Crippen LogP contribution in [0.25, 0.3) is 22.4 Å². The Morgan fingerprint density at radius 3 is 2.15 bits per heavy atom. The van der Waals surface area contributed by atoms with Crippen LogP contribution in [0.3, 0.4) is 0 Å². The molecule has 1 aromatic heterocycles. The molecule has 1 saturated heterocycles. The maximum Gasteiger partial charge on any atom is 0.119 e. The van der Waals surface area contributed by atoms with Crippen LogP contribution in [0.5, 0.6) is 5.75 Å². The van der Waals surface area contributed by atoms with Gasteiger partial charge in [-0.05, 0) is 67.5 Å². The first-order valence-corrected chi connectivity index (χ1v) is 9.33. The van der Waals surface area contributed by atoms with Gasteiger partial charge in [0.1, 0.15) is 12.4 Å². The average molecular weight is 365 g/mol. The van der Waals surface area contributed by atoms with E-state index in [4.69, 9.17) is 16.3 Å². The molecule has 2 heterocycles. The second-order valence-corrected chi connectivity index (χ2v) is 6.94. The van der Waals surface area contributed by atoms with Gasteiger partial charge < -0.3 is 4.74 Å². The van der Waals surface area contributed by atoms with Crippen LogP contribution in [0.4, 0.5) is 0 Å². The first-order valence-electron chi connectivity index (χ1n) is 8.95. The molecule has 2 aromatic carbocycles. The fraction of sp³-hybridized carbons (Fsp3) is 0.227. The van der Waals surface area contributed by atoms with Gasteiger partial charge in [0.15, 0.2) is 0 Å². The molecule has 0 saturated carbocycles. The van der Waals surface area contributed by atoms with Gasteiger partial charge in [0.05, 0.1) is 5.69 Å². The maximum absolute atomic E-state index is 5.95. The Kier molecular flexibility index (Phi) is 5.19. The molecule has 132 valence electrons. The third kappa shape index (κ3) is 4.06. The van der Waals surface area contributed by atoms with Crippen LogP contribution in [-0.4, -0.2) is 36.1 Å². The monoisotopic (exact) mass is 364 g/mol. The largest absolute Gasteiger partial charge is 0.492 e. The molecule has 3 aromatic rings. The van der Waals surface area contributed by atoms with Gasteiger partial charge in [-0.3, -0.25) is 9.88 Å². The Balaban J connectivity index is 1.39. The zero-order valence-corrected chi connectivity index (χ0v) is 15.3. The second-order valence-electron chi connectivity index (χ2n) is 6.51. The molecule has 0 N–H and O–H groups in total. The minimum atomic E-state index is 0.741. The highest BCUT2D eigenvalue weighted by atomic mass is 35.5. The smallest absolute Gasteiger partial charge is 0.119 e. The van der Waals surface area contributed by atoms with Crippen molar-refractivity contribution in [1.29, 1.82) is 0 Å². The zero-order valence-electron chi connectivity index (χ0n) is 14.6. The van der Waals surface area contributed by atoms with Gasteiger partial charge in [0, 0.05) is 28.9 Å². The summed E-state index contributed by atoms with van der Waals surface area (Å²) < 4.78 is 5.82. The van der Waals surface area contributed by atoms with Gasteiger partial charge in [-0.1, -0.05) is 29.8 Å². The van der Waals surface area contributed by atoms with Crippen molar-refractivity contribution in [3.8, 4) is 28.1 Å². The van der Waals surface area contributed by atoms with E-state index in [1.807, 2.05) is 48.7 Å². The van der Waals surface area contributed by atoms with Crippen molar-refractivity contribution in [3.05, 3.63) is 71.9 Å². The lowest BCUT2D eigenvalue weighted by molar-refractivity contribution is 0.147. The fourth-order valence-corrected chi connectivity index (χ4v) is 3.12. The molecule has 26 heavy (non-hydrogen) atoms. The minimum absolute atomic E-state index is 0.741. The Bertz CT molecular complexity index is 841. The lowest BCUT2D eigenvalue weighted by atomic mass is 10.1. The quantitative estimate of drug-likeness (QED) is 0.604. The summed E-state index contributed by atoms with van der Waals surface area (Å²) in [5.74, 6) is 0.909. The third-order valence-electron chi connectivity index (χ3n) is 4.72. The van der Waals surface area contributed by atoms with Gasteiger partial charge in [0.25, 0.3) is 0 Å². The molecule has 1 aliphatic heterocycles. The Hall–Kier alpha value is -2.36. The van der Waals surface area contributed by atoms with Crippen LogP contribution >= 0.6 is 11.6 Å². The van der Waals surface area contributed by atoms with Crippen LogP contribution < -0.4 is 4.74 Å². The molecule has 1 fully saturated rings. The topological polar surface area (TPSA) is 25.4 Å². The van der Waals surface area contributed by atoms with Crippen molar-refractivity contribution in [1.82, 2.24) is 9.88 Å². The molecular weight excluding hydrogens is 344 g/mol. The van der Waals surface area contributed by atoms with E-state index in [2.05, 4.69) is 28.1 Å². The van der Waals surface area contributed by atoms with Crippen molar-refractivity contribution in [3.63, 3.8) is 0 Å². The van der Waals surface area contributed by atoms with Crippen LogP contribution in [0.1, 0.15) is 6.42 Å². The summed E-state index contributed by atoms with van der Waals surface area (Å²) in [7, 11) is 0. The number of benzene rings is 2. The van der Waals surface area contributed by atoms with E-state index in [1.165, 1.54) is 19.5 Å². The number of hydrogen-bond donors (Lipinski definition) is 0. The lowest BCUT2D eigenvalue weighted by Gasteiger charge is -2.30. The lowest BCUT2D eigenvalue weighted by Crippen LogP contribution is -2.39. The van der Waals surface area contributed by atoms with E-state index in [9.17, 15) is 0 Å². The first-order chi connectivity index (χ1) is 12.8. The fourth-order valence-electron chi connectivity index (χ4n) is 3.00. The van der Waals surface area contributed by atoms with Gasteiger partial charge >= 0.3 is 0 Å². The van der Waals surface area contributed by atoms with Gasteiger partial charge in [-0.2, -0.15) is 0 Å². The first kappa shape index (κ1) is 17.1. The highest BCUT2D eigenvalue weighted by Crippen LogP contribution is 2.25. The molecule has 0 unspecified atom stereocenters. The number of nitrogens with zero attached hydrogens (tertiary/aromatic N) is 2. The summed E-state index contributed by atoms with van der Waals surface area (Å²) in [6, 6.07) is 20.1. The van der Waals surface area contributed by atoms with Gasteiger partial charge in [-0.15, -0.1) is 0 Å². The van der Waals surface area contributed by atoms with Crippen LogP contribution in [0.15, 0.2) is 66.9 Å². The zero-order chi connectivity index (χ0) is 17.8. The van der Waals surface area contributed by atoms with E-state index in [1.54, 1.807) is 0 Å². The molecule has 0 radical (unpaired) electrons. The molecule has 4 rings (SSSR count). The van der Waals surface area contributed by atoms with Crippen molar-refractivity contribution < 1.29 is 4.74 Å². The van der Waals surface area contributed by atoms with Gasteiger partial charge in [0.2, 0.25) is 0 Å². The number of pyridine rings is 1. The van der Waals surface area contributed by atoms with E-state index >= 15 is 0 Å².